The van der Waals surface area contributed by atoms with Crippen molar-refractivity contribution in [2.45, 2.75) is 32.1 Å². The van der Waals surface area contributed by atoms with Crippen LogP contribution in [0.3, 0.4) is 0 Å². The Morgan fingerprint density at radius 3 is 2.86 bits per heavy atom. The Kier molecular flexibility index (Phi) is 5.00. The van der Waals surface area contributed by atoms with Crippen molar-refractivity contribution in [3.8, 4) is 0 Å². The lowest BCUT2D eigenvalue weighted by Gasteiger charge is -1.98. The first kappa shape index (κ1) is 11.0. The van der Waals surface area contributed by atoms with Crippen LogP contribution in [0.25, 0.3) is 0 Å². The summed E-state index contributed by atoms with van der Waals surface area (Å²) in [6.45, 7) is 0.715. The predicted molar refractivity (Wildman–Crippen MR) is 54.9 cm³/mol. The first-order valence-corrected chi connectivity index (χ1v) is 5.07. The highest BCUT2D eigenvalue weighted by molar-refractivity contribution is 5.80. The molecule has 2 N–H and O–H groups in total. The van der Waals surface area contributed by atoms with Crippen molar-refractivity contribution in [3.05, 3.63) is 24.2 Å². The molecule has 0 aromatic carbocycles. The molecule has 0 bridgehead atoms. The van der Waals surface area contributed by atoms with Gasteiger partial charge in [0.1, 0.15) is 11.5 Å². The van der Waals surface area contributed by atoms with Crippen LogP contribution in [0.4, 0.5) is 0 Å². The minimum absolute atomic E-state index is 0.247. The zero-order valence-corrected chi connectivity index (χ0v) is 8.37. The predicted octanol–water partition coefficient (Wildman–Crippen LogP) is 1.91. The van der Waals surface area contributed by atoms with Crippen LogP contribution in [0.5, 0.6) is 0 Å². The third-order valence-electron chi connectivity index (χ3n) is 2.11. The van der Waals surface area contributed by atoms with Crippen LogP contribution in [-0.2, 0) is 11.2 Å². The average Bonchev–Trinajstić information content (AvgIpc) is 2.65. The van der Waals surface area contributed by atoms with Gasteiger partial charge in [-0.3, -0.25) is 4.79 Å². The fourth-order valence-electron chi connectivity index (χ4n) is 1.34. The van der Waals surface area contributed by atoms with Gasteiger partial charge in [-0.05, 0) is 31.5 Å². The van der Waals surface area contributed by atoms with Gasteiger partial charge >= 0.3 is 0 Å². The summed E-state index contributed by atoms with van der Waals surface area (Å²) in [6.07, 6.45) is 5.65. The van der Waals surface area contributed by atoms with Gasteiger partial charge in [-0.25, -0.2) is 0 Å². The summed E-state index contributed by atoms with van der Waals surface area (Å²) in [5.74, 6) is 1.01. The molecule has 0 radical (unpaired) electrons. The number of hydrogen-bond acceptors (Lipinski definition) is 3. The number of nitrogens with two attached hydrogens (primary N) is 1. The minimum Gasteiger partial charge on any atom is -0.469 e. The van der Waals surface area contributed by atoms with Gasteiger partial charge in [0.25, 0.3) is 0 Å². The molecule has 3 nitrogen and oxygen atoms in total. The molecule has 0 saturated carbocycles. The Labute approximate surface area is 84.3 Å². The van der Waals surface area contributed by atoms with E-state index in [4.69, 9.17) is 10.2 Å². The lowest BCUT2D eigenvalue weighted by molar-refractivity contribution is -0.118. The van der Waals surface area contributed by atoms with E-state index in [-0.39, 0.29) is 5.78 Å². The van der Waals surface area contributed by atoms with Gasteiger partial charge in [0.2, 0.25) is 0 Å². The van der Waals surface area contributed by atoms with Crippen LogP contribution in [0.2, 0.25) is 0 Å². The van der Waals surface area contributed by atoms with E-state index in [0.717, 1.165) is 25.0 Å². The Morgan fingerprint density at radius 2 is 2.21 bits per heavy atom. The maximum atomic E-state index is 11.4. The number of hydrogen-bond donors (Lipinski definition) is 1. The second kappa shape index (κ2) is 6.38. The van der Waals surface area contributed by atoms with Crippen LogP contribution >= 0.6 is 0 Å². The smallest absolute Gasteiger partial charge is 0.140 e. The quantitative estimate of drug-likeness (QED) is 0.676. The first-order valence-electron chi connectivity index (χ1n) is 5.07. The fraction of sp³-hybridized carbons (Fsp3) is 0.545. The van der Waals surface area contributed by atoms with E-state index < -0.39 is 0 Å². The van der Waals surface area contributed by atoms with Gasteiger partial charge in [-0.1, -0.05) is 6.42 Å². The molecule has 0 aliphatic heterocycles. The molecule has 0 amide bonds. The zero-order chi connectivity index (χ0) is 10.2. The average molecular weight is 195 g/mol. The number of carbonyl (C=O) groups excluding carboxylic acids is 1. The maximum absolute atomic E-state index is 11.4. The van der Waals surface area contributed by atoms with E-state index in [2.05, 4.69) is 0 Å². The number of furan rings is 1. The molecule has 0 aliphatic rings. The summed E-state index contributed by atoms with van der Waals surface area (Å²) in [6, 6.07) is 3.63. The molecular formula is C11H17NO2. The van der Waals surface area contributed by atoms with Gasteiger partial charge in [-0.15, -0.1) is 0 Å². The standard InChI is InChI=1S/C11H17NO2/c12-7-3-1-2-5-10(13)9-11-6-4-8-14-11/h4,6,8H,1-3,5,7,9,12H2. The van der Waals surface area contributed by atoms with Crippen molar-refractivity contribution in [3.63, 3.8) is 0 Å². The van der Waals surface area contributed by atoms with E-state index in [1.165, 1.54) is 0 Å². The van der Waals surface area contributed by atoms with Crippen molar-refractivity contribution in [1.29, 1.82) is 0 Å². The molecule has 0 atom stereocenters. The summed E-state index contributed by atoms with van der Waals surface area (Å²) >= 11 is 0. The summed E-state index contributed by atoms with van der Waals surface area (Å²) in [7, 11) is 0. The molecule has 0 aliphatic carbocycles. The van der Waals surface area contributed by atoms with E-state index in [0.29, 0.717) is 19.4 Å². The fourth-order valence-corrected chi connectivity index (χ4v) is 1.34. The van der Waals surface area contributed by atoms with Crippen LogP contribution in [0.1, 0.15) is 31.4 Å². The molecule has 1 rings (SSSR count). The summed E-state index contributed by atoms with van der Waals surface area (Å²) in [5, 5.41) is 0. The van der Waals surface area contributed by atoms with E-state index in [1.807, 2.05) is 6.07 Å². The lowest BCUT2D eigenvalue weighted by atomic mass is 10.1. The summed E-state index contributed by atoms with van der Waals surface area (Å²) in [4.78, 5) is 11.4. The molecule has 0 saturated heterocycles. The van der Waals surface area contributed by atoms with Crippen molar-refractivity contribution in [2.75, 3.05) is 6.54 Å². The number of rotatable bonds is 7. The molecule has 78 valence electrons. The number of unbranched alkanes of at least 4 members (excludes halogenated alkanes) is 2. The molecule has 0 spiro atoms. The van der Waals surface area contributed by atoms with E-state index >= 15 is 0 Å². The summed E-state index contributed by atoms with van der Waals surface area (Å²) in [5.41, 5.74) is 5.36. The van der Waals surface area contributed by atoms with Crippen LogP contribution < -0.4 is 5.73 Å². The molecule has 3 heteroatoms. The van der Waals surface area contributed by atoms with Crippen LogP contribution in [0.15, 0.2) is 22.8 Å². The topological polar surface area (TPSA) is 56.2 Å². The Morgan fingerprint density at radius 1 is 1.36 bits per heavy atom. The molecule has 0 fully saturated rings. The Bertz CT molecular complexity index is 254. The van der Waals surface area contributed by atoms with Crippen LogP contribution in [0, 0.1) is 0 Å². The maximum Gasteiger partial charge on any atom is 0.140 e. The van der Waals surface area contributed by atoms with Crippen molar-refractivity contribution < 1.29 is 9.21 Å². The zero-order valence-electron chi connectivity index (χ0n) is 8.37. The van der Waals surface area contributed by atoms with Gasteiger partial charge in [0.05, 0.1) is 12.7 Å². The third kappa shape index (κ3) is 4.23. The van der Waals surface area contributed by atoms with E-state index in [9.17, 15) is 4.79 Å². The molecular weight excluding hydrogens is 178 g/mol. The molecule has 1 aromatic heterocycles. The SMILES string of the molecule is NCCCCCC(=O)Cc1ccco1. The highest BCUT2D eigenvalue weighted by Crippen LogP contribution is 2.06. The number of ketones is 1. The van der Waals surface area contributed by atoms with E-state index in [1.54, 1.807) is 12.3 Å². The van der Waals surface area contributed by atoms with Gasteiger partial charge in [0, 0.05) is 6.42 Å². The third-order valence-corrected chi connectivity index (χ3v) is 2.11. The second-order valence-corrected chi connectivity index (χ2v) is 3.39. The normalized spacial score (nSPS) is 10.4. The molecule has 14 heavy (non-hydrogen) atoms. The summed E-state index contributed by atoms with van der Waals surface area (Å²) < 4.78 is 5.09. The second-order valence-electron chi connectivity index (χ2n) is 3.39. The highest BCUT2D eigenvalue weighted by Gasteiger charge is 2.04. The van der Waals surface area contributed by atoms with Crippen LogP contribution in [-0.4, -0.2) is 12.3 Å². The van der Waals surface area contributed by atoms with Crippen molar-refractivity contribution in [1.82, 2.24) is 0 Å². The van der Waals surface area contributed by atoms with Crippen molar-refractivity contribution in [2.24, 2.45) is 5.73 Å². The van der Waals surface area contributed by atoms with Gasteiger partial charge < -0.3 is 10.2 Å². The van der Waals surface area contributed by atoms with Gasteiger partial charge in [-0.2, -0.15) is 0 Å². The minimum atomic E-state index is 0.247. The molecule has 1 heterocycles. The van der Waals surface area contributed by atoms with Crippen molar-refractivity contribution >= 4 is 5.78 Å². The monoisotopic (exact) mass is 195 g/mol. The number of Topliss-reactive ketones (excluding diaryl/α,β-unsaturated/α-hetero) is 1. The number of carbonyl (C=O) groups is 1. The first-order chi connectivity index (χ1) is 6.83. The molecule has 1 aromatic rings. The van der Waals surface area contributed by atoms with Gasteiger partial charge in [0.15, 0.2) is 0 Å². The lowest BCUT2D eigenvalue weighted by Crippen LogP contribution is -2.03. The Balaban J connectivity index is 2.11. The highest BCUT2D eigenvalue weighted by atomic mass is 16.3. The largest absolute Gasteiger partial charge is 0.469 e. The Hall–Kier alpha value is -1.09. The molecule has 0 unspecified atom stereocenters.